The summed E-state index contributed by atoms with van der Waals surface area (Å²) in [6, 6.07) is 20.4. The van der Waals surface area contributed by atoms with Gasteiger partial charge in [-0.15, -0.1) is 0 Å². The van der Waals surface area contributed by atoms with Crippen LogP contribution in [0.4, 0.5) is 5.69 Å². The van der Waals surface area contributed by atoms with Crippen molar-refractivity contribution >= 4 is 50.7 Å². The summed E-state index contributed by atoms with van der Waals surface area (Å²) in [5.41, 5.74) is 1.94. The molecule has 0 heterocycles. The fourth-order valence-electron chi connectivity index (χ4n) is 2.53. The Morgan fingerprint density at radius 1 is 0.963 bits per heavy atom. The lowest BCUT2D eigenvalue weighted by Gasteiger charge is -2.14. The first-order chi connectivity index (χ1) is 13.0. The van der Waals surface area contributed by atoms with Gasteiger partial charge in [0.2, 0.25) is 0 Å². The molecule has 0 aromatic heterocycles. The van der Waals surface area contributed by atoms with Gasteiger partial charge in [0, 0.05) is 10.9 Å². The third-order valence-electron chi connectivity index (χ3n) is 3.88. The number of hydrogen-bond donors (Lipinski definition) is 1. The zero-order valence-electron chi connectivity index (χ0n) is 14.2. The van der Waals surface area contributed by atoms with Crippen molar-refractivity contribution in [3.63, 3.8) is 0 Å². The Balaban J connectivity index is 1.76. The lowest BCUT2D eigenvalue weighted by atomic mass is 10.1. The summed E-state index contributed by atoms with van der Waals surface area (Å²) in [5, 5.41) is 3.51. The minimum Gasteiger partial charge on any atom is -0.492 e. The second-order valence-corrected chi connectivity index (χ2v) is 7.51. The topological polar surface area (TPSA) is 38.3 Å². The Labute approximate surface area is 176 Å². The van der Waals surface area contributed by atoms with Crippen LogP contribution < -0.4 is 10.1 Å². The minimum atomic E-state index is -0.346. The summed E-state index contributed by atoms with van der Waals surface area (Å²) in [4.78, 5) is 12.8. The van der Waals surface area contributed by atoms with Crippen LogP contribution in [0.5, 0.6) is 5.75 Å². The maximum absolute atomic E-state index is 12.8. The van der Waals surface area contributed by atoms with Crippen molar-refractivity contribution in [1.82, 2.24) is 0 Å². The van der Waals surface area contributed by atoms with E-state index in [1.54, 1.807) is 30.3 Å². The van der Waals surface area contributed by atoms with Gasteiger partial charge in [0.25, 0.3) is 5.91 Å². The van der Waals surface area contributed by atoms with Gasteiger partial charge in [0.15, 0.2) is 0 Å². The first kappa shape index (κ1) is 19.7. The molecule has 27 heavy (non-hydrogen) atoms. The van der Waals surface area contributed by atoms with Gasteiger partial charge in [0.1, 0.15) is 5.75 Å². The van der Waals surface area contributed by atoms with Gasteiger partial charge in [-0.3, -0.25) is 4.79 Å². The monoisotopic (exact) mass is 463 g/mol. The number of hydrogen-bond acceptors (Lipinski definition) is 2. The standard InChI is InChI=1S/C21H16BrCl2NO2/c22-15-9-10-19(27-12-11-14-5-2-1-3-6-14)16(13-15)21(26)25-20-17(23)7-4-8-18(20)24/h1-10,13H,11-12H2,(H,25,26). The molecule has 138 valence electrons. The fourth-order valence-corrected chi connectivity index (χ4v) is 3.38. The summed E-state index contributed by atoms with van der Waals surface area (Å²) in [5.74, 6) is 0.149. The van der Waals surface area contributed by atoms with Crippen molar-refractivity contribution in [1.29, 1.82) is 0 Å². The molecule has 0 atom stereocenters. The van der Waals surface area contributed by atoms with E-state index in [4.69, 9.17) is 27.9 Å². The van der Waals surface area contributed by atoms with E-state index in [1.165, 1.54) is 5.56 Å². The summed E-state index contributed by atoms with van der Waals surface area (Å²) < 4.78 is 6.64. The van der Waals surface area contributed by atoms with Gasteiger partial charge in [-0.25, -0.2) is 0 Å². The molecule has 0 bridgehead atoms. The lowest BCUT2D eigenvalue weighted by Crippen LogP contribution is -2.15. The van der Waals surface area contributed by atoms with Gasteiger partial charge in [-0.1, -0.05) is 75.5 Å². The van der Waals surface area contributed by atoms with Crippen LogP contribution in [0.1, 0.15) is 15.9 Å². The second-order valence-electron chi connectivity index (χ2n) is 5.78. The number of carbonyl (C=O) groups excluding carboxylic acids is 1. The molecule has 1 amide bonds. The molecule has 0 spiro atoms. The second kappa shape index (κ2) is 9.27. The fraction of sp³-hybridized carbons (Fsp3) is 0.0952. The molecule has 0 radical (unpaired) electrons. The summed E-state index contributed by atoms with van der Waals surface area (Å²) in [6.45, 7) is 0.457. The molecule has 3 rings (SSSR count). The average Bonchev–Trinajstić information content (AvgIpc) is 2.66. The highest BCUT2D eigenvalue weighted by atomic mass is 79.9. The third-order valence-corrected chi connectivity index (χ3v) is 5.00. The van der Waals surface area contributed by atoms with Crippen molar-refractivity contribution < 1.29 is 9.53 Å². The first-order valence-corrected chi connectivity index (χ1v) is 9.81. The molecule has 0 saturated carbocycles. The van der Waals surface area contributed by atoms with Gasteiger partial charge < -0.3 is 10.1 Å². The summed E-state index contributed by atoms with van der Waals surface area (Å²) >= 11 is 15.7. The Morgan fingerprint density at radius 3 is 2.37 bits per heavy atom. The van der Waals surface area contributed by atoms with Crippen LogP contribution in [0.25, 0.3) is 0 Å². The highest BCUT2D eigenvalue weighted by molar-refractivity contribution is 9.10. The molecule has 0 fully saturated rings. The number of ether oxygens (including phenoxy) is 1. The molecule has 6 heteroatoms. The van der Waals surface area contributed by atoms with E-state index < -0.39 is 0 Å². The first-order valence-electron chi connectivity index (χ1n) is 8.26. The van der Waals surface area contributed by atoms with Crippen molar-refractivity contribution in [3.8, 4) is 5.75 Å². The van der Waals surface area contributed by atoms with Gasteiger partial charge in [-0.05, 0) is 35.9 Å². The number of rotatable bonds is 6. The van der Waals surface area contributed by atoms with E-state index in [9.17, 15) is 4.79 Å². The normalized spacial score (nSPS) is 10.5. The van der Waals surface area contributed by atoms with Gasteiger partial charge in [-0.2, -0.15) is 0 Å². The Hall–Kier alpha value is -2.01. The third kappa shape index (κ3) is 5.25. The van der Waals surface area contributed by atoms with Crippen molar-refractivity contribution in [3.05, 3.63) is 92.4 Å². The molecular formula is C21H16BrCl2NO2. The quantitative estimate of drug-likeness (QED) is 0.444. The Morgan fingerprint density at radius 2 is 1.67 bits per heavy atom. The number of amides is 1. The van der Waals surface area contributed by atoms with Gasteiger partial charge in [0.05, 0.1) is 27.9 Å². The number of para-hydroxylation sites is 1. The maximum atomic E-state index is 12.8. The molecule has 3 aromatic rings. The molecule has 0 aliphatic rings. The zero-order valence-corrected chi connectivity index (χ0v) is 17.3. The van der Waals surface area contributed by atoms with E-state index in [2.05, 4.69) is 21.2 Å². The van der Waals surface area contributed by atoms with Crippen molar-refractivity contribution in [2.75, 3.05) is 11.9 Å². The Kier molecular flexibility index (Phi) is 6.78. The zero-order chi connectivity index (χ0) is 19.2. The van der Waals surface area contributed by atoms with Crippen LogP contribution in [-0.2, 0) is 6.42 Å². The molecule has 0 saturated heterocycles. The van der Waals surface area contributed by atoms with E-state index in [0.717, 1.165) is 10.9 Å². The molecule has 0 aliphatic carbocycles. The largest absolute Gasteiger partial charge is 0.492 e. The average molecular weight is 465 g/mol. The number of nitrogens with one attached hydrogen (secondary N) is 1. The molecule has 0 unspecified atom stereocenters. The molecule has 0 aliphatic heterocycles. The van der Waals surface area contributed by atoms with Crippen LogP contribution in [0.15, 0.2) is 71.2 Å². The Bertz CT molecular complexity index is 928. The summed E-state index contributed by atoms with van der Waals surface area (Å²) in [6.07, 6.45) is 0.744. The molecular weight excluding hydrogens is 449 g/mol. The van der Waals surface area contributed by atoms with E-state index in [0.29, 0.717) is 33.7 Å². The van der Waals surface area contributed by atoms with E-state index in [-0.39, 0.29) is 5.91 Å². The number of benzene rings is 3. The maximum Gasteiger partial charge on any atom is 0.259 e. The van der Waals surface area contributed by atoms with Crippen LogP contribution >= 0.6 is 39.1 Å². The van der Waals surface area contributed by atoms with Crippen LogP contribution in [0.2, 0.25) is 10.0 Å². The molecule has 1 N–H and O–H groups in total. The van der Waals surface area contributed by atoms with Crippen LogP contribution in [-0.4, -0.2) is 12.5 Å². The summed E-state index contributed by atoms with van der Waals surface area (Å²) in [7, 11) is 0. The van der Waals surface area contributed by atoms with Crippen molar-refractivity contribution in [2.24, 2.45) is 0 Å². The SMILES string of the molecule is O=C(Nc1c(Cl)cccc1Cl)c1cc(Br)ccc1OCCc1ccccc1. The predicted octanol–water partition coefficient (Wildman–Crippen LogP) is 6.63. The minimum absolute atomic E-state index is 0.346. The molecule has 3 aromatic carbocycles. The van der Waals surface area contributed by atoms with E-state index >= 15 is 0 Å². The van der Waals surface area contributed by atoms with Crippen LogP contribution in [0, 0.1) is 0 Å². The predicted molar refractivity (Wildman–Crippen MR) is 114 cm³/mol. The van der Waals surface area contributed by atoms with E-state index in [1.807, 2.05) is 36.4 Å². The highest BCUT2D eigenvalue weighted by Gasteiger charge is 2.16. The van der Waals surface area contributed by atoms with Gasteiger partial charge >= 0.3 is 0 Å². The molecule has 3 nitrogen and oxygen atoms in total. The smallest absolute Gasteiger partial charge is 0.259 e. The van der Waals surface area contributed by atoms with Crippen LogP contribution in [0.3, 0.4) is 0 Å². The number of anilines is 1. The highest BCUT2D eigenvalue weighted by Crippen LogP contribution is 2.31. The number of carbonyl (C=O) groups is 1. The lowest BCUT2D eigenvalue weighted by molar-refractivity contribution is 0.102. The van der Waals surface area contributed by atoms with Crippen molar-refractivity contribution in [2.45, 2.75) is 6.42 Å². The number of halogens is 3.